The summed E-state index contributed by atoms with van der Waals surface area (Å²) in [6.07, 6.45) is 2.56. The predicted octanol–water partition coefficient (Wildman–Crippen LogP) is 3.25. The molecule has 2 aromatic rings. The van der Waals surface area contributed by atoms with Crippen molar-refractivity contribution in [2.75, 3.05) is 11.9 Å². The predicted molar refractivity (Wildman–Crippen MR) is 74.8 cm³/mol. The van der Waals surface area contributed by atoms with E-state index in [0.29, 0.717) is 5.92 Å². The molecule has 0 saturated carbocycles. The Morgan fingerprint density at radius 1 is 1.17 bits per heavy atom. The van der Waals surface area contributed by atoms with Gasteiger partial charge in [0.15, 0.2) is 0 Å². The van der Waals surface area contributed by atoms with E-state index in [1.807, 2.05) is 12.1 Å². The molecule has 0 spiro atoms. The fraction of sp³-hybridized carbons (Fsp3) is 0.333. The Kier molecular flexibility index (Phi) is 4.29. The second-order valence-electron chi connectivity index (χ2n) is 4.44. The molecule has 0 aliphatic heterocycles. The van der Waals surface area contributed by atoms with Gasteiger partial charge in [-0.2, -0.15) is 0 Å². The molecule has 0 amide bonds. The quantitative estimate of drug-likeness (QED) is 0.873. The van der Waals surface area contributed by atoms with Crippen molar-refractivity contribution in [3.8, 4) is 0 Å². The van der Waals surface area contributed by atoms with Crippen LogP contribution in [-0.4, -0.2) is 16.5 Å². The van der Waals surface area contributed by atoms with Gasteiger partial charge in [0, 0.05) is 18.3 Å². The Hall–Kier alpha value is -1.90. The smallest absolute Gasteiger partial charge is 0.129 e. The maximum atomic E-state index is 4.23. The van der Waals surface area contributed by atoms with Gasteiger partial charge in [0.05, 0.1) is 0 Å². The van der Waals surface area contributed by atoms with Crippen LogP contribution in [0.25, 0.3) is 0 Å². The molecule has 0 fully saturated rings. The Labute approximate surface area is 108 Å². The number of nitrogens with zero attached hydrogens (tertiary/aromatic N) is 2. The largest absolute Gasteiger partial charge is 0.369 e. The molecule has 0 radical (unpaired) electrons. The number of rotatable bonds is 5. The van der Waals surface area contributed by atoms with Crippen molar-refractivity contribution in [2.24, 2.45) is 0 Å². The first-order valence-electron chi connectivity index (χ1n) is 6.39. The summed E-state index contributed by atoms with van der Waals surface area (Å²) in [7, 11) is 0. The molecule has 1 heterocycles. The van der Waals surface area contributed by atoms with Crippen LogP contribution >= 0.6 is 0 Å². The zero-order chi connectivity index (χ0) is 12.8. The summed E-state index contributed by atoms with van der Waals surface area (Å²) in [6, 6.07) is 12.5. The highest BCUT2D eigenvalue weighted by molar-refractivity contribution is 5.35. The van der Waals surface area contributed by atoms with Crippen LogP contribution < -0.4 is 5.32 Å². The van der Waals surface area contributed by atoms with Gasteiger partial charge in [-0.05, 0) is 17.9 Å². The highest BCUT2D eigenvalue weighted by Gasteiger charge is 2.05. The Morgan fingerprint density at radius 3 is 2.67 bits per heavy atom. The number of anilines is 1. The van der Waals surface area contributed by atoms with E-state index in [9.17, 15) is 0 Å². The van der Waals surface area contributed by atoms with E-state index in [1.165, 1.54) is 5.56 Å². The lowest BCUT2D eigenvalue weighted by atomic mass is 10.0. The third-order valence-electron chi connectivity index (χ3n) is 3.04. The Bertz CT molecular complexity index is 482. The molecule has 0 bridgehead atoms. The van der Waals surface area contributed by atoms with Crippen molar-refractivity contribution in [3.63, 3.8) is 0 Å². The van der Waals surface area contributed by atoms with E-state index < -0.39 is 0 Å². The number of nitrogens with one attached hydrogen (secondary N) is 1. The van der Waals surface area contributed by atoms with Gasteiger partial charge in [0.2, 0.25) is 0 Å². The number of hydrogen-bond donors (Lipinski definition) is 1. The molecule has 1 unspecified atom stereocenters. The van der Waals surface area contributed by atoms with Gasteiger partial charge in [0.25, 0.3) is 0 Å². The lowest BCUT2D eigenvalue weighted by Gasteiger charge is -2.13. The summed E-state index contributed by atoms with van der Waals surface area (Å²) in [5, 5.41) is 3.37. The molecule has 0 aliphatic carbocycles. The van der Waals surface area contributed by atoms with Crippen molar-refractivity contribution in [3.05, 3.63) is 54.0 Å². The second kappa shape index (κ2) is 6.15. The van der Waals surface area contributed by atoms with Crippen LogP contribution in [-0.2, 0) is 6.42 Å². The van der Waals surface area contributed by atoms with E-state index in [1.54, 1.807) is 6.33 Å². The zero-order valence-electron chi connectivity index (χ0n) is 10.9. The molecule has 1 atom stereocenters. The minimum Gasteiger partial charge on any atom is -0.369 e. The van der Waals surface area contributed by atoms with E-state index >= 15 is 0 Å². The number of benzene rings is 1. The van der Waals surface area contributed by atoms with Crippen LogP contribution in [0.5, 0.6) is 0 Å². The van der Waals surface area contributed by atoms with Crippen molar-refractivity contribution < 1.29 is 0 Å². The third kappa shape index (κ3) is 3.29. The fourth-order valence-electron chi connectivity index (χ4n) is 1.84. The average Bonchev–Trinajstić information content (AvgIpc) is 2.46. The molecule has 3 nitrogen and oxygen atoms in total. The summed E-state index contributed by atoms with van der Waals surface area (Å²) in [5.74, 6) is 1.37. The average molecular weight is 241 g/mol. The number of aromatic nitrogens is 2. The van der Waals surface area contributed by atoms with E-state index in [-0.39, 0.29) is 0 Å². The van der Waals surface area contributed by atoms with Crippen LogP contribution in [0.1, 0.15) is 31.0 Å². The molecule has 1 N–H and O–H groups in total. The molecule has 0 aliphatic rings. The summed E-state index contributed by atoms with van der Waals surface area (Å²) in [6.45, 7) is 5.19. The van der Waals surface area contributed by atoms with Gasteiger partial charge in [-0.1, -0.05) is 44.2 Å². The highest BCUT2D eigenvalue weighted by atomic mass is 15.0. The first-order chi connectivity index (χ1) is 8.79. The lowest BCUT2D eigenvalue weighted by Crippen LogP contribution is -2.11. The summed E-state index contributed by atoms with van der Waals surface area (Å²) in [4.78, 5) is 8.42. The normalized spacial score (nSPS) is 12.1. The van der Waals surface area contributed by atoms with E-state index in [4.69, 9.17) is 0 Å². The van der Waals surface area contributed by atoms with Crippen molar-refractivity contribution >= 4 is 5.82 Å². The summed E-state index contributed by atoms with van der Waals surface area (Å²) < 4.78 is 0. The topological polar surface area (TPSA) is 37.8 Å². The second-order valence-corrected chi connectivity index (χ2v) is 4.44. The van der Waals surface area contributed by atoms with Gasteiger partial charge in [-0.3, -0.25) is 0 Å². The standard InChI is InChI=1S/C15H19N3/c1-3-14-9-15(18-11-17-14)16-10-12(2)13-7-5-4-6-8-13/h4-9,11-12H,3,10H2,1-2H3,(H,16,17,18). The molecule has 18 heavy (non-hydrogen) atoms. The van der Waals surface area contributed by atoms with Gasteiger partial charge in [0.1, 0.15) is 12.1 Å². The minimum absolute atomic E-state index is 0.464. The third-order valence-corrected chi connectivity index (χ3v) is 3.04. The zero-order valence-corrected chi connectivity index (χ0v) is 10.9. The van der Waals surface area contributed by atoms with Gasteiger partial charge in [-0.25, -0.2) is 9.97 Å². The molecule has 3 heteroatoms. The van der Waals surface area contributed by atoms with E-state index in [2.05, 4.69) is 53.4 Å². The highest BCUT2D eigenvalue weighted by Crippen LogP contribution is 2.15. The fourth-order valence-corrected chi connectivity index (χ4v) is 1.84. The summed E-state index contributed by atoms with van der Waals surface area (Å²) >= 11 is 0. The van der Waals surface area contributed by atoms with Crippen LogP contribution in [0.2, 0.25) is 0 Å². The molecule has 94 valence electrons. The van der Waals surface area contributed by atoms with Crippen LogP contribution in [0.4, 0.5) is 5.82 Å². The first kappa shape index (κ1) is 12.6. The maximum absolute atomic E-state index is 4.23. The number of hydrogen-bond acceptors (Lipinski definition) is 3. The van der Waals surface area contributed by atoms with Gasteiger partial charge in [-0.15, -0.1) is 0 Å². The molecular formula is C15H19N3. The van der Waals surface area contributed by atoms with Gasteiger partial charge < -0.3 is 5.32 Å². The Morgan fingerprint density at radius 2 is 1.94 bits per heavy atom. The Balaban J connectivity index is 1.95. The monoisotopic (exact) mass is 241 g/mol. The van der Waals surface area contributed by atoms with Crippen molar-refractivity contribution in [1.29, 1.82) is 0 Å². The van der Waals surface area contributed by atoms with Crippen LogP contribution in [0.15, 0.2) is 42.7 Å². The molecular weight excluding hydrogens is 222 g/mol. The van der Waals surface area contributed by atoms with Crippen molar-refractivity contribution in [2.45, 2.75) is 26.2 Å². The van der Waals surface area contributed by atoms with E-state index in [0.717, 1.165) is 24.5 Å². The molecule has 1 aromatic heterocycles. The first-order valence-corrected chi connectivity index (χ1v) is 6.39. The molecule has 2 rings (SSSR count). The van der Waals surface area contributed by atoms with Crippen LogP contribution in [0.3, 0.4) is 0 Å². The molecule has 0 saturated heterocycles. The maximum Gasteiger partial charge on any atom is 0.129 e. The number of aryl methyl sites for hydroxylation is 1. The van der Waals surface area contributed by atoms with Gasteiger partial charge >= 0.3 is 0 Å². The lowest BCUT2D eigenvalue weighted by molar-refractivity contribution is 0.800. The minimum atomic E-state index is 0.464. The SMILES string of the molecule is CCc1cc(NCC(C)c2ccccc2)ncn1. The van der Waals surface area contributed by atoms with Crippen molar-refractivity contribution in [1.82, 2.24) is 9.97 Å². The molecule has 1 aromatic carbocycles. The summed E-state index contributed by atoms with van der Waals surface area (Å²) in [5.41, 5.74) is 2.41. The van der Waals surface area contributed by atoms with Crippen LogP contribution in [0, 0.1) is 0 Å².